The SMILES string of the molecule is Cc1ccc(-n2c(=O)c3sccc3n(CC(=O)Nc3ccc(C)c(F)c3)c2=O)cc1C. The Labute approximate surface area is 181 Å². The lowest BCUT2D eigenvalue weighted by molar-refractivity contribution is -0.116. The molecule has 158 valence electrons. The van der Waals surface area contributed by atoms with Crippen LogP contribution in [-0.4, -0.2) is 15.0 Å². The first-order valence-corrected chi connectivity index (χ1v) is 10.5. The van der Waals surface area contributed by atoms with E-state index in [1.165, 1.54) is 22.0 Å². The number of anilines is 1. The molecule has 0 atom stereocenters. The van der Waals surface area contributed by atoms with E-state index in [1.807, 2.05) is 19.9 Å². The van der Waals surface area contributed by atoms with Gasteiger partial charge in [0.1, 0.15) is 17.1 Å². The van der Waals surface area contributed by atoms with Crippen LogP contribution >= 0.6 is 11.3 Å². The molecule has 0 saturated carbocycles. The Morgan fingerprint density at radius 1 is 1.00 bits per heavy atom. The molecule has 0 aliphatic rings. The minimum Gasteiger partial charge on any atom is -0.324 e. The van der Waals surface area contributed by atoms with Crippen LogP contribution in [0.25, 0.3) is 15.9 Å². The lowest BCUT2D eigenvalue weighted by Crippen LogP contribution is -2.40. The quantitative estimate of drug-likeness (QED) is 0.526. The van der Waals surface area contributed by atoms with E-state index in [0.29, 0.717) is 27.2 Å². The molecule has 1 amide bonds. The molecule has 1 N–H and O–H groups in total. The number of aromatic nitrogens is 2. The second-order valence-electron chi connectivity index (χ2n) is 7.42. The maximum atomic E-state index is 13.8. The zero-order valence-corrected chi connectivity index (χ0v) is 18.0. The smallest absolute Gasteiger partial charge is 0.324 e. The summed E-state index contributed by atoms with van der Waals surface area (Å²) in [5.74, 6) is -0.929. The van der Waals surface area contributed by atoms with Crippen LogP contribution in [0.1, 0.15) is 16.7 Å². The van der Waals surface area contributed by atoms with Gasteiger partial charge in [0.25, 0.3) is 5.56 Å². The first-order valence-electron chi connectivity index (χ1n) is 9.63. The molecule has 4 rings (SSSR count). The molecule has 0 unspecified atom stereocenters. The van der Waals surface area contributed by atoms with Crippen molar-refractivity contribution in [1.29, 1.82) is 0 Å². The minimum atomic E-state index is -0.607. The van der Waals surface area contributed by atoms with Crippen LogP contribution in [0, 0.1) is 26.6 Å². The monoisotopic (exact) mass is 437 g/mol. The molecule has 0 aliphatic carbocycles. The number of fused-ring (bicyclic) bond motifs is 1. The third-order valence-corrected chi connectivity index (χ3v) is 6.15. The number of hydrogen-bond donors (Lipinski definition) is 1. The number of nitrogens with zero attached hydrogens (tertiary/aromatic N) is 2. The average Bonchev–Trinajstić information content (AvgIpc) is 3.21. The van der Waals surface area contributed by atoms with E-state index in [1.54, 1.807) is 42.6 Å². The highest BCUT2D eigenvalue weighted by Gasteiger charge is 2.18. The van der Waals surface area contributed by atoms with Gasteiger partial charge in [0.15, 0.2) is 0 Å². The maximum absolute atomic E-state index is 13.8. The molecule has 0 radical (unpaired) electrons. The highest BCUT2D eigenvalue weighted by atomic mass is 32.1. The Morgan fingerprint density at radius 2 is 1.74 bits per heavy atom. The summed E-state index contributed by atoms with van der Waals surface area (Å²) in [6, 6.07) is 11.4. The van der Waals surface area contributed by atoms with E-state index in [4.69, 9.17) is 0 Å². The van der Waals surface area contributed by atoms with E-state index in [-0.39, 0.29) is 6.54 Å². The summed E-state index contributed by atoms with van der Waals surface area (Å²) in [5.41, 5.74) is 2.56. The van der Waals surface area contributed by atoms with Crippen LogP contribution < -0.4 is 16.6 Å². The summed E-state index contributed by atoms with van der Waals surface area (Å²) >= 11 is 1.21. The maximum Gasteiger partial charge on any atom is 0.336 e. The third-order valence-electron chi connectivity index (χ3n) is 5.26. The molecule has 4 aromatic rings. The molecular formula is C23H20FN3O3S. The van der Waals surface area contributed by atoms with Gasteiger partial charge in [0.05, 0.1) is 11.2 Å². The fourth-order valence-electron chi connectivity index (χ4n) is 3.35. The van der Waals surface area contributed by atoms with Crippen molar-refractivity contribution in [3.8, 4) is 5.69 Å². The van der Waals surface area contributed by atoms with Gasteiger partial charge in [-0.15, -0.1) is 11.3 Å². The Hall–Kier alpha value is -3.52. The van der Waals surface area contributed by atoms with Crippen LogP contribution in [0.15, 0.2) is 57.4 Å². The van der Waals surface area contributed by atoms with E-state index >= 15 is 0 Å². The van der Waals surface area contributed by atoms with E-state index < -0.39 is 23.0 Å². The van der Waals surface area contributed by atoms with Crippen molar-refractivity contribution in [3.05, 3.63) is 91.2 Å². The predicted octanol–water partition coefficient (Wildman–Crippen LogP) is 3.92. The summed E-state index contributed by atoms with van der Waals surface area (Å²) in [6.45, 7) is 5.16. The molecule has 8 heteroatoms. The number of benzene rings is 2. The summed E-state index contributed by atoms with van der Waals surface area (Å²) in [6.07, 6.45) is 0. The molecule has 2 aromatic heterocycles. The Morgan fingerprint density at radius 3 is 2.45 bits per heavy atom. The molecule has 0 spiro atoms. The molecule has 0 saturated heterocycles. The first-order chi connectivity index (χ1) is 14.8. The van der Waals surface area contributed by atoms with Crippen LogP contribution in [0.2, 0.25) is 0 Å². The molecule has 6 nitrogen and oxygen atoms in total. The molecule has 0 fully saturated rings. The lowest BCUT2D eigenvalue weighted by atomic mass is 10.1. The number of thiophene rings is 1. The average molecular weight is 437 g/mol. The van der Waals surface area contributed by atoms with Crippen molar-refractivity contribution in [2.24, 2.45) is 0 Å². The molecule has 0 aliphatic heterocycles. The van der Waals surface area contributed by atoms with Crippen LogP contribution in [0.4, 0.5) is 10.1 Å². The number of carbonyl (C=O) groups is 1. The van der Waals surface area contributed by atoms with E-state index in [0.717, 1.165) is 15.7 Å². The van der Waals surface area contributed by atoms with Crippen molar-refractivity contribution < 1.29 is 9.18 Å². The van der Waals surface area contributed by atoms with Gasteiger partial charge in [0.2, 0.25) is 5.91 Å². The Bertz CT molecular complexity index is 1450. The van der Waals surface area contributed by atoms with Crippen molar-refractivity contribution in [3.63, 3.8) is 0 Å². The highest BCUT2D eigenvalue weighted by Crippen LogP contribution is 2.18. The first kappa shape index (κ1) is 20.7. The minimum absolute atomic E-state index is 0.296. The van der Waals surface area contributed by atoms with Crippen molar-refractivity contribution >= 4 is 33.1 Å². The number of hydrogen-bond acceptors (Lipinski definition) is 4. The molecular weight excluding hydrogens is 417 g/mol. The van der Waals surface area contributed by atoms with Crippen LogP contribution in [0.5, 0.6) is 0 Å². The van der Waals surface area contributed by atoms with Gasteiger partial charge >= 0.3 is 5.69 Å². The molecule has 0 bridgehead atoms. The third kappa shape index (κ3) is 3.82. The summed E-state index contributed by atoms with van der Waals surface area (Å²) < 4.78 is 16.5. The number of nitrogens with one attached hydrogen (secondary N) is 1. The van der Waals surface area contributed by atoms with Crippen molar-refractivity contribution in [2.75, 3.05) is 5.32 Å². The number of rotatable bonds is 4. The van der Waals surface area contributed by atoms with Gasteiger partial charge < -0.3 is 5.32 Å². The van der Waals surface area contributed by atoms with Gasteiger partial charge in [-0.05, 0) is 73.2 Å². The van der Waals surface area contributed by atoms with E-state index in [2.05, 4.69) is 5.32 Å². The molecule has 2 aromatic carbocycles. The van der Waals surface area contributed by atoms with Crippen LogP contribution in [-0.2, 0) is 11.3 Å². The number of amides is 1. The van der Waals surface area contributed by atoms with Gasteiger partial charge in [-0.25, -0.2) is 13.8 Å². The largest absolute Gasteiger partial charge is 0.336 e. The lowest BCUT2D eigenvalue weighted by Gasteiger charge is -2.13. The van der Waals surface area contributed by atoms with E-state index in [9.17, 15) is 18.8 Å². The standard InChI is InChI=1S/C23H20FN3O3S/c1-13-5-7-17(10-15(13)3)27-22(29)21-19(8-9-31-21)26(23(27)30)12-20(28)25-16-6-4-14(2)18(24)11-16/h4-11H,12H2,1-3H3,(H,25,28). The van der Waals surface area contributed by atoms with Crippen LogP contribution in [0.3, 0.4) is 0 Å². The number of carbonyl (C=O) groups excluding carboxylic acids is 1. The Kier molecular flexibility index (Phi) is 5.32. The summed E-state index contributed by atoms with van der Waals surface area (Å²) in [5, 5.41) is 4.32. The zero-order valence-electron chi connectivity index (χ0n) is 17.2. The fraction of sp³-hybridized carbons (Fsp3) is 0.174. The number of aryl methyl sites for hydroxylation is 3. The molecule has 31 heavy (non-hydrogen) atoms. The van der Waals surface area contributed by atoms with Gasteiger partial charge in [-0.2, -0.15) is 0 Å². The van der Waals surface area contributed by atoms with Gasteiger partial charge in [0, 0.05) is 5.69 Å². The highest BCUT2D eigenvalue weighted by molar-refractivity contribution is 7.17. The summed E-state index contributed by atoms with van der Waals surface area (Å²) in [7, 11) is 0. The normalized spacial score (nSPS) is 11.1. The van der Waals surface area contributed by atoms with Crippen molar-refractivity contribution in [1.82, 2.24) is 9.13 Å². The fourth-order valence-corrected chi connectivity index (χ4v) is 4.17. The Balaban J connectivity index is 1.78. The second kappa shape index (κ2) is 7.96. The number of halogens is 1. The van der Waals surface area contributed by atoms with Gasteiger partial charge in [-0.1, -0.05) is 12.1 Å². The summed E-state index contributed by atoms with van der Waals surface area (Å²) in [4.78, 5) is 38.9. The van der Waals surface area contributed by atoms with Crippen molar-refractivity contribution in [2.45, 2.75) is 27.3 Å². The predicted molar refractivity (Wildman–Crippen MR) is 121 cm³/mol. The van der Waals surface area contributed by atoms with Gasteiger partial charge in [-0.3, -0.25) is 14.2 Å². The topological polar surface area (TPSA) is 73.1 Å². The second-order valence-corrected chi connectivity index (χ2v) is 8.34. The zero-order chi connectivity index (χ0) is 22.3. The molecule has 2 heterocycles.